The van der Waals surface area contributed by atoms with Crippen molar-refractivity contribution in [3.05, 3.63) is 130 Å². The Kier molecular flexibility index (Phi) is 9.84. The maximum absolute atomic E-state index is 14.3. The molecule has 1 N–H and O–H groups in total. The van der Waals surface area contributed by atoms with Gasteiger partial charge in [-0.2, -0.15) is 0 Å². The number of fused-ring (bicyclic) bond motifs is 4. The third-order valence-electron chi connectivity index (χ3n) is 10.4. The van der Waals surface area contributed by atoms with E-state index in [0.717, 1.165) is 38.9 Å². The van der Waals surface area contributed by atoms with E-state index in [1.54, 1.807) is 36.0 Å². The van der Waals surface area contributed by atoms with Gasteiger partial charge in [0.05, 0.1) is 18.4 Å². The number of likely N-dealkylation sites (N-methyl/N-ethyl adjacent to an activating group) is 2. The fraction of sp³-hybridized carbons (Fsp3) is 0.341. The zero-order valence-corrected chi connectivity index (χ0v) is 29.2. The molecule has 0 fully saturated rings. The Labute approximate surface area is 293 Å². The van der Waals surface area contributed by atoms with Crippen LogP contribution in [0.1, 0.15) is 66.3 Å². The first-order valence-electron chi connectivity index (χ1n) is 16.8. The molecule has 4 aromatic carbocycles. The molecule has 0 unspecified atom stereocenters. The van der Waals surface area contributed by atoms with Crippen LogP contribution >= 0.6 is 11.6 Å². The average Bonchev–Trinajstić information content (AvgIpc) is 3.56. The average molecular weight is 679 g/mol. The van der Waals surface area contributed by atoms with E-state index in [0.29, 0.717) is 17.9 Å². The number of carbonyl (C=O) groups excluding carboxylic acids is 2. The van der Waals surface area contributed by atoms with Gasteiger partial charge in [-0.25, -0.2) is 4.79 Å². The topological polar surface area (TPSA) is 87.2 Å². The zero-order valence-electron chi connectivity index (χ0n) is 28.4. The van der Waals surface area contributed by atoms with Crippen LogP contribution in [0.2, 0.25) is 5.02 Å². The minimum Gasteiger partial charge on any atom is -0.481 e. The van der Waals surface area contributed by atoms with E-state index in [4.69, 9.17) is 16.3 Å². The first kappa shape index (κ1) is 34.3. The molecule has 2 aliphatic carbocycles. The van der Waals surface area contributed by atoms with Crippen LogP contribution < -0.4 is 0 Å². The molecule has 0 aliphatic heterocycles. The van der Waals surface area contributed by atoms with Gasteiger partial charge in [-0.3, -0.25) is 9.59 Å². The molecule has 6 rings (SSSR count). The monoisotopic (exact) mass is 678 g/mol. The molecule has 0 aromatic heterocycles. The lowest BCUT2D eigenvalue weighted by Gasteiger charge is -2.34. The number of halogens is 1. The van der Waals surface area contributed by atoms with E-state index >= 15 is 0 Å². The van der Waals surface area contributed by atoms with Crippen LogP contribution in [0.3, 0.4) is 0 Å². The first-order valence-corrected chi connectivity index (χ1v) is 17.2. The summed E-state index contributed by atoms with van der Waals surface area (Å²) in [5.74, 6) is -2.32. The largest absolute Gasteiger partial charge is 0.481 e. The van der Waals surface area contributed by atoms with Gasteiger partial charge >= 0.3 is 12.1 Å². The molecule has 8 heteroatoms. The SMILES string of the molecule is CN(C[C@@H](Cc1ccc(Cl)cc1)N(C)C(=O)OCC1c2ccccc2-c2ccccc21)C(=O)[C@@H](CC(=O)O)[C@H]1CC(C)(C)c2ccccc21. The van der Waals surface area contributed by atoms with Crippen molar-refractivity contribution in [1.82, 2.24) is 9.80 Å². The number of carboxylic acids is 1. The summed E-state index contributed by atoms with van der Waals surface area (Å²) in [5, 5.41) is 10.5. The maximum atomic E-state index is 14.3. The third kappa shape index (κ3) is 7.09. The molecule has 4 aromatic rings. The van der Waals surface area contributed by atoms with Crippen LogP contribution in [-0.4, -0.2) is 66.2 Å². The number of carbonyl (C=O) groups is 3. The maximum Gasteiger partial charge on any atom is 0.409 e. The van der Waals surface area contributed by atoms with Gasteiger partial charge in [0.25, 0.3) is 0 Å². The molecule has 7 nitrogen and oxygen atoms in total. The Bertz CT molecular complexity index is 1810. The molecule has 2 aliphatic rings. The lowest BCUT2D eigenvalue weighted by Crippen LogP contribution is -2.48. The second-order valence-corrected chi connectivity index (χ2v) is 14.5. The minimum atomic E-state index is -1.01. The van der Waals surface area contributed by atoms with Gasteiger partial charge in [0.15, 0.2) is 0 Å². The summed E-state index contributed by atoms with van der Waals surface area (Å²) < 4.78 is 6.01. The Morgan fingerprint density at radius 1 is 0.857 bits per heavy atom. The highest BCUT2D eigenvalue weighted by Gasteiger charge is 2.44. The number of hydrogen-bond donors (Lipinski definition) is 1. The summed E-state index contributed by atoms with van der Waals surface area (Å²) in [6.07, 6.45) is 0.355. The third-order valence-corrected chi connectivity index (χ3v) is 10.7. The molecule has 0 radical (unpaired) electrons. The van der Waals surface area contributed by atoms with Crippen molar-refractivity contribution in [2.24, 2.45) is 5.92 Å². The molecule has 0 saturated heterocycles. The van der Waals surface area contributed by atoms with E-state index in [1.807, 2.05) is 54.6 Å². The summed E-state index contributed by atoms with van der Waals surface area (Å²) >= 11 is 6.17. The molecule has 0 saturated carbocycles. The van der Waals surface area contributed by atoms with Crippen molar-refractivity contribution < 1.29 is 24.2 Å². The molecular formula is C41H43ClN2O5. The second kappa shape index (κ2) is 14.1. The summed E-state index contributed by atoms with van der Waals surface area (Å²) in [6.45, 7) is 4.65. The molecule has 2 amide bonds. The van der Waals surface area contributed by atoms with Crippen LogP contribution in [0, 0.1) is 5.92 Å². The number of hydrogen-bond acceptors (Lipinski definition) is 4. The Balaban J connectivity index is 1.22. The molecule has 0 bridgehead atoms. The van der Waals surface area contributed by atoms with E-state index in [2.05, 4.69) is 44.2 Å². The highest BCUT2D eigenvalue weighted by molar-refractivity contribution is 6.30. The number of benzene rings is 4. The Hall–Kier alpha value is -4.62. The second-order valence-electron chi connectivity index (χ2n) is 14.1. The van der Waals surface area contributed by atoms with Crippen molar-refractivity contribution >= 4 is 29.6 Å². The van der Waals surface area contributed by atoms with Crippen molar-refractivity contribution in [2.45, 2.75) is 56.4 Å². The lowest BCUT2D eigenvalue weighted by atomic mass is 9.81. The van der Waals surface area contributed by atoms with Crippen molar-refractivity contribution in [3.8, 4) is 11.1 Å². The predicted octanol–water partition coefficient (Wildman–Crippen LogP) is 8.15. The van der Waals surface area contributed by atoms with Crippen LogP contribution in [0.25, 0.3) is 11.1 Å². The normalized spacial score (nSPS) is 17.0. The van der Waals surface area contributed by atoms with Gasteiger partial charge in [-0.05, 0) is 75.3 Å². The van der Waals surface area contributed by atoms with Gasteiger partial charge in [0.2, 0.25) is 5.91 Å². The molecule has 49 heavy (non-hydrogen) atoms. The number of ether oxygens (including phenoxy) is 1. The number of nitrogens with zero attached hydrogens (tertiary/aromatic N) is 2. The summed E-state index contributed by atoms with van der Waals surface area (Å²) in [5.41, 5.74) is 7.51. The standard InChI is InChI=1S/C41H43ClN2O5/c1-41(2)23-35(33-15-9-10-16-37(33)41)34(22-38(45)46)39(47)43(3)24-28(21-26-17-19-27(42)20-18-26)44(4)40(48)49-25-36-31-13-7-5-11-29(31)30-12-6-8-14-32(30)36/h5-20,28,34-36H,21-25H2,1-4H3,(H,45,46)/t28-,34+,35+/m1/s1. The van der Waals surface area contributed by atoms with Crippen molar-refractivity contribution in [1.29, 1.82) is 0 Å². The smallest absolute Gasteiger partial charge is 0.409 e. The number of aliphatic carboxylic acids is 1. The number of rotatable bonds is 11. The quantitative estimate of drug-likeness (QED) is 0.173. The van der Waals surface area contributed by atoms with Gasteiger partial charge in [0, 0.05) is 31.6 Å². The van der Waals surface area contributed by atoms with Crippen molar-refractivity contribution in [3.63, 3.8) is 0 Å². The molecule has 0 heterocycles. The van der Waals surface area contributed by atoms with Crippen LogP contribution in [0.15, 0.2) is 97.1 Å². The van der Waals surface area contributed by atoms with E-state index in [1.165, 1.54) is 0 Å². The fourth-order valence-corrected chi connectivity index (χ4v) is 8.03. The highest BCUT2D eigenvalue weighted by atomic mass is 35.5. The number of carboxylic acid groups (broad SMARTS) is 1. The molecular weight excluding hydrogens is 636 g/mol. The fourth-order valence-electron chi connectivity index (χ4n) is 7.91. The molecule has 0 spiro atoms. The predicted molar refractivity (Wildman–Crippen MR) is 192 cm³/mol. The van der Waals surface area contributed by atoms with Gasteiger partial charge in [-0.15, -0.1) is 0 Å². The van der Waals surface area contributed by atoms with Crippen LogP contribution in [0.5, 0.6) is 0 Å². The Morgan fingerprint density at radius 2 is 1.43 bits per heavy atom. The zero-order chi connectivity index (χ0) is 34.9. The summed E-state index contributed by atoms with van der Waals surface area (Å²) in [4.78, 5) is 43.3. The Morgan fingerprint density at radius 3 is 2.04 bits per heavy atom. The first-order chi connectivity index (χ1) is 23.4. The van der Waals surface area contributed by atoms with Gasteiger partial charge < -0.3 is 19.6 Å². The van der Waals surface area contributed by atoms with Gasteiger partial charge in [-0.1, -0.05) is 110 Å². The van der Waals surface area contributed by atoms with Crippen LogP contribution in [0.4, 0.5) is 4.79 Å². The van der Waals surface area contributed by atoms with E-state index in [9.17, 15) is 19.5 Å². The molecule has 3 atom stereocenters. The highest BCUT2D eigenvalue weighted by Crippen LogP contribution is 2.50. The minimum absolute atomic E-state index is 0.0842. The van der Waals surface area contributed by atoms with E-state index < -0.39 is 24.0 Å². The molecule has 254 valence electrons. The lowest BCUT2D eigenvalue weighted by molar-refractivity contribution is -0.145. The van der Waals surface area contributed by atoms with Gasteiger partial charge in [0.1, 0.15) is 6.61 Å². The number of amides is 2. The van der Waals surface area contributed by atoms with Crippen molar-refractivity contribution in [2.75, 3.05) is 27.2 Å². The van der Waals surface area contributed by atoms with E-state index in [-0.39, 0.29) is 42.7 Å². The van der Waals surface area contributed by atoms with Crippen LogP contribution in [-0.2, 0) is 26.2 Å². The summed E-state index contributed by atoms with van der Waals surface area (Å²) in [6, 6.07) is 31.4. The summed E-state index contributed by atoms with van der Waals surface area (Å²) in [7, 11) is 3.39.